The first-order valence-corrected chi connectivity index (χ1v) is 21.0. The van der Waals surface area contributed by atoms with Crippen molar-refractivity contribution in [1.82, 2.24) is 19.9 Å². The zero-order chi connectivity index (χ0) is 41.8. The van der Waals surface area contributed by atoms with E-state index in [1.165, 1.54) is 38.9 Å². The second-order valence-electron chi connectivity index (χ2n) is 15.5. The summed E-state index contributed by atoms with van der Waals surface area (Å²) in [5.74, 6) is 1.87. The van der Waals surface area contributed by atoms with Gasteiger partial charge in [-0.25, -0.2) is 15.0 Å². The summed E-state index contributed by atoms with van der Waals surface area (Å²) in [5, 5.41) is 0. The van der Waals surface area contributed by atoms with Gasteiger partial charge in [0.05, 0.1) is 0 Å². The van der Waals surface area contributed by atoms with E-state index < -0.39 is 0 Å². The molecule has 10 rings (SSSR count). The van der Waals surface area contributed by atoms with Crippen molar-refractivity contribution >= 4 is 0 Å². The monoisotopic (exact) mass is 794 g/mol. The van der Waals surface area contributed by atoms with Crippen LogP contribution in [0.1, 0.15) is 11.4 Å². The van der Waals surface area contributed by atoms with Crippen molar-refractivity contribution in [3.8, 4) is 101 Å². The number of pyridine rings is 1. The fraction of sp³-hybridized carbons (Fsp3) is 0.0345. The van der Waals surface area contributed by atoms with Crippen LogP contribution in [0.5, 0.6) is 0 Å². The second-order valence-corrected chi connectivity index (χ2v) is 15.5. The molecule has 4 nitrogen and oxygen atoms in total. The number of hydrogen-bond donors (Lipinski definition) is 0. The van der Waals surface area contributed by atoms with Crippen LogP contribution >= 0.6 is 0 Å². The maximum atomic E-state index is 5.07. The smallest absolute Gasteiger partial charge is 0.164 e. The summed E-state index contributed by atoms with van der Waals surface area (Å²) in [6.07, 6.45) is 0. The molecule has 0 saturated carbocycles. The summed E-state index contributed by atoms with van der Waals surface area (Å²) in [7, 11) is 0. The predicted molar refractivity (Wildman–Crippen MR) is 256 cm³/mol. The van der Waals surface area contributed by atoms with Crippen LogP contribution in [-0.4, -0.2) is 19.9 Å². The van der Waals surface area contributed by atoms with Crippen LogP contribution in [0.3, 0.4) is 0 Å². The molecule has 294 valence electrons. The molecule has 0 amide bonds. The standard InChI is InChI=1S/C58H42N4/c1-39-26-35-52(40(2)59-39)49-24-15-25-50(36-49)58-61-56(47-22-13-6-14-23-47)60-57(62-58)48-33-29-43(30-34-48)42-27-31-46(32-28-42)55-53(44-18-9-4-10-19-44)37-51(41-16-7-3-8-17-41)38-54(55)45-20-11-5-12-21-45/h3-38H,1-2H3. The number of aromatic nitrogens is 4. The van der Waals surface area contributed by atoms with E-state index in [0.29, 0.717) is 17.5 Å². The summed E-state index contributed by atoms with van der Waals surface area (Å²) in [6, 6.07) is 76.9. The summed E-state index contributed by atoms with van der Waals surface area (Å²) in [6.45, 7) is 4.07. The van der Waals surface area contributed by atoms with Gasteiger partial charge in [-0.05, 0) is 99.3 Å². The summed E-state index contributed by atoms with van der Waals surface area (Å²) >= 11 is 0. The Morgan fingerprint density at radius 1 is 0.242 bits per heavy atom. The van der Waals surface area contributed by atoms with Gasteiger partial charge < -0.3 is 0 Å². The minimum absolute atomic E-state index is 0.620. The first kappa shape index (κ1) is 38.1. The van der Waals surface area contributed by atoms with Crippen molar-refractivity contribution in [2.45, 2.75) is 13.8 Å². The first-order valence-electron chi connectivity index (χ1n) is 21.0. The maximum absolute atomic E-state index is 5.07. The molecular weight excluding hydrogens is 753 g/mol. The molecule has 2 aromatic heterocycles. The molecule has 2 heterocycles. The van der Waals surface area contributed by atoms with Gasteiger partial charge in [-0.1, -0.05) is 194 Å². The Bertz CT molecular complexity index is 3090. The third kappa shape index (κ3) is 7.85. The molecule has 0 fully saturated rings. The minimum atomic E-state index is 0.620. The van der Waals surface area contributed by atoms with Gasteiger partial charge in [0, 0.05) is 33.6 Å². The Morgan fingerprint density at radius 3 is 1.15 bits per heavy atom. The zero-order valence-corrected chi connectivity index (χ0v) is 34.6. The van der Waals surface area contributed by atoms with E-state index in [0.717, 1.165) is 55.9 Å². The molecule has 62 heavy (non-hydrogen) atoms. The summed E-state index contributed by atoms with van der Waals surface area (Å²) < 4.78 is 0. The molecule has 0 aliphatic rings. The highest BCUT2D eigenvalue weighted by Gasteiger charge is 2.18. The van der Waals surface area contributed by atoms with Gasteiger partial charge in [0.25, 0.3) is 0 Å². The van der Waals surface area contributed by atoms with Gasteiger partial charge in [-0.15, -0.1) is 0 Å². The van der Waals surface area contributed by atoms with E-state index in [2.05, 4.69) is 195 Å². The van der Waals surface area contributed by atoms with Gasteiger partial charge in [0.1, 0.15) is 0 Å². The number of rotatable bonds is 9. The lowest BCUT2D eigenvalue weighted by Crippen LogP contribution is -2.00. The average molecular weight is 795 g/mol. The van der Waals surface area contributed by atoms with Crippen LogP contribution < -0.4 is 0 Å². The highest BCUT2D eigenvalue weighted by atomic mass is 15.0. The molecule has 0 spiro atoms. The van der Waals surface area contributed by atoms with Gasteiger partial charge in [0.15, 0.2) is 17.5 Å². The topological polar surface area (TPSA) is 51.6 Å². The molecular formula is C58H42N4. The average Bonchev–Trinajstić information content (AvgIpc) is 3.35. The Balaban J connectivity index is 1.02. The van der Waals surface area contributed by atoms with Crippen molar-refractivity contribution in [3.05, 3.63) is 230 Å². The van der Waals surface area contributed by atoms with E-state index in [-0.39, 0.29) is 0 Å². The van der Waals surface area contributed by atoms with E-state index in [1.807, 2.05) is 37.3 Å². The van der Waals surface area contributed by atoms with Crippen molar-refractivity contribution in [3.63, 3.8) is 0 Å². The van der Waals surface area contributed by atoms with Crippen molar-refractivity contribution in [1.29, 1.82) is 0 Å². The molecule has 0 aliphatic carbocycles. The maximum Gasteiger partial charge on any atom is 0.164 e. The lowest BCUT2D eigenvalue weighted by atomic mass is 9.84. The van der Waals surface area contributed by atoms with Crippen molar-refractivity contribution in [2.24, 2.45) is 0 Å². The molecule has 10 aromatic rings. The van der Waals surface area contributed by atoms with Gasteiger partial charge >= 0.3 is 0 Å². The van der Waals surface area contributed by atoms with E-state index in [9.17, 15) is 0 Å². The molecule has 0 saturated heterocycles. The van der Waals surface area contributed by atoms with Crippen LogP contribution in [0.25, 0.3) is 101 Å². The third-order valence-corrected chi connectivity index (χ3v) is 11.4. The summed E-state index contributed by atoms with van der Waals surface area (Å²) in [5.41, 5.74) is 18.7. The van der Waals surface area contributed by atoms with E-state index in [4.69, 9.17) is 19.9 Å². The number of nitrogens with zero attached hydrogens (tertiary/aromatic N) is 4. The molecule has 4 heteroatoms. The van der Waals surface area contributed by atoms with Crippen LogP contribution in [0.15, 0.2) is 218 Å². The van der Waals surface area contributed by atoms with Gasteiger partial charge in [-0.3, -0.25) is 4.98 Å². The SMILES string of the molecule is Cc1ccc(-c2cccc(-c3nc(-c4ccccc4)nc(-c4ccc(-c5ccc(-c6c(-c7ccccc7)cc(-c7ccccc7)cc6-c6ccccc6)cc5)cc4)n3)c2)c(C)n1. The molecule has 0 radical (unpaired) electrons. The van der Waals surface area contributed by atoms with Crippen LogP contribution in [0.2, 0.25) is 0 Å². The van der Waals surface area contributed by atoms with Crippen molar-refractivity contribution < 1.29 is 0 Å². The molecule has 8 aromatic carbocycles. The second kappa shape index (κ2) is 16.9. The first-order chi connectivity index (χ1) is 30.5. The lowest BCUT2D eigenvalue weighted by molar-refractivity contribution is 1.07. The van der Waals surface area contributed by atoms with Crippen LogP contribution in [-0.2, 0) is 0 Å². The minimum Gasteiger partial charge on any atom is -0.258 e. The Kier molecular flexibility index (Phi) is 10.4. The lowest BCUT2D eigenvalue weighted by Gasteiger charge is -2.19. The molecule has 0 N–H and O–H groups in total. The molecule has 0 bridgehead atoms. The summed E-state index contributed by atoms with van der Waals surface area (Å²) in [4.78, 5) is 19.8. The Hall–Kier alpha value is -8.08. The quantitative estimate of drug-likeness (QED) is 0.146. The Labute approximate surface area is 363 Å². The van der Waals surface area contributed by atoms with E-state index in [1.54, 1.807) is 0 Å². The number of benzene rings is 8. The highest BCUT2D eigenvalue weighted by molar-refractivity contribution is 5.98. The number of aryl methyl sites for hydroxylation is 2. The number of hydrogen-bond acceptors (Lipinski definition) is 4. The fourth-order valence-electron chi connectivity index (χ4n) is 8.25. The predicted octanol–water partition coefficient (Wildman–Crippen LogP) is 14.9. The van der Waals surface area contributed by atoms with Crippen LogP contribution in [0.4, 0.5) is 0 Å². The molecule has 0 atom stereocenters. The molecule has 0 unspecified atom stereocenters. The largest absolute Gasteiger partial charge is 0.258 e. The molecule has 0 aliphatic heterocycles. The van der Waals surface area contributed by atoms with E-state index >= 15 is 0 Å². The van der Waals surface area contributed by atoms with Gasteiger partial charge in [0.2, 0.25) is 0 Å². The van der Waals surface area contributed by atoms with Crippen LogP contribution in [0, 0.1) is 13.8 Å². The normalized spacial score (nSPS) is 11.1. The third-order valence-electron chi connectivity index (χ3n) is 11.4. The van der Waals surface area contributed by atoms with Gasteiger partial charge in [-0.2, -0.15) is 0 Å². The van der Waals surface area contributed by atoms with Crippen molar-refractivity contribution in [2.75, 3.05) is 0 Å². The Morgan fingerprint density at radius 2 is 0.629 bits per heavy atom. The highest BCUT2D eigenvalue weighted by Crippen LogP contribution is 2.44. The zero-order valence-electron chi connectivity index (χ0n) is 34.6. The fourth-order valence-corrected chi connectivity index (χ4v) is 8.25.